The van der Waals surface area contributed by atoms with E-state index in [0.717, 1.165) is 31.0 Å². The second-order valence-corrected chi connectivity index (χ2v) is 30.6. The number of hydrogen-bond acceptors (Lipinski definition) is 27. The minimum Gasteiger partial charge on any atom is -0.508 e. The molecule has 6 amide bonds. The van der Waals surface area contributed by atoms with Crippen LogP contribution in [0, 0.1) is 0 Å². The first kappa shape index (κ1) is 90.2. The zero-order valence-corrected chi connectivity index (χ0v) is 67.5. The number of ketones is 1. The number of fused-ring (bicyclic) bond motifs is 4. The Morgan fingerprint density at radius 2 is 1.05 bits per heavy atom. The van der Waals surface area contributed by atoms with Crippen molar-refractivity contribution in [3.8, 4) is 39.7 Å². The molecular weight excluding hydrogens is 1590 g/mol. The molecule has 5 aromatic rings. The fourth-order valence-electron chi connectivity index (χ4n) is 14.1. The largest absolute Gasteiger partial charge is 1.00 e. The zero-order chi connectivity index (χ0) is 84.2. The number of amides is 6. The number of phenols is 2. The molecule has 13 atom stereocenters. The Morgan fingerprint density at radius 1 is 0.551 bits per heavy atom. The average molecular weight is 1680 g/mol. The third kappa shape index (κ3) is 21.5. The van der Waals surface area contributed by atoms with E-state index in [4.69, 9.17) is 28.1 Å². The summed E-state index contributed by atoms with van der Waals surface area (Å²) in [6.07, 6.45) is -13.9. The van der Waals surface area contributed by atoms with Crippen LogP contribution in [0.2, 0.25) is 0 Å². The van der Waals surface area contributed by atoms with Crippen LogP contribution in [-0.2, 0) is 42.9 Å². The number of carbonyl (C=O) groups is 10. The number of carboxylic acids is 3. The normalized spacial score (nSPS) is 21.7. The number of ether oxygens (including phenoxy) is 5. The number of carbonyl (C=O) groups excluding carboxylic acids is 7. The summed E-state index contributed by atoms with van der Waals surface area (Å²) in [5.74, 6) is -12.5. The molecule has 37 heteroatoms. The van der Waals surface area contributed by atoms with Gasteiger partial charge in [0.15, 0.2) is 11.2 Å². The van der Waals surface area contributed by atoms with Gasteiger partial charge >= 0.3 is 47.5 Å². The molecule has 4 aliphatic heterocycles. The molecule has 2 fully saturated rings. The van der Waals surface area contributed by atoms with E-state index in [9.17, 15) is 109 Å². The minimum absolute atomic E-state index is 0. The van der Waals surface area contributed by atoms with Gasteiger partial charge in [0.05, 0.1) is 72.8 Å². The van der Waals surface area contributed by atoms with Gasteiger partial charge in [-0.1, -0.05) is 36.4 Å². The molecule has 17 N–H and O–H groups in total. The van der Waals surface area contributed by atoms with Crippen molar-refractivity contribution in [2.45, 2.75) is 125 Å². The number of benzene rings is 6. The predicted octanol–water partition coefficient (Wildman–Crippen LogP) is -0.316. The molecule has 3 unspecified atom stereocenters. The molecule has 620 valence electrons. The van der Waals surface area contributed by atoms with Gasteiger partial charge < -0.3 is 116 Å². The molecule has 11 rings (SSSR count). The number of nitrogens with one attached hydrogen (secondary N) is 6. The zero-order valence-electron chi connectivity index (χ0n) is 63.8. The molecule has 0 bridgehead atoms. The van der Waals surface area contributed by atoms with Gasteiger partial charge in [-0.15, -0.1) is 0 Å². The topological polar surface area (TPSA) is 542 Å². The molecule has 2 aliphatic carbocycles. The Morgan fingerprint density at radius 3 is 1.57 bits per heavy atom. The first-order valence-electron chi connectivity index (χ1n) is 37.1. The summed E-state index contributed by atoms with van der Waals surface area (Å²) in [5.41, 5.74) is 3.11. The van der Waals surface area contributed by atoms with Gasteiger partial charge in [0.25, 0.3) is 35.2 Å². The van der Waals surface area contributed by atoms with Crippen molar-refractivity contribution in [3.05, 3.63) is 188 Å². The third-order valence-electron chi connectivity index (χ3n) is 19.8. The molecule has 0 saturated carbocycles. The molecule has 4 heterocycles. The van der Waals surface area contributed by atoms with Gasteiger partial charge in [-0.25, -0.2) is 14.4 Å². The van der Waals surface area contributed by atoms with Crippen molar-refractivity contribution in [2.24, 2.45) is 0 Å². The van der Waals surface area contributed by atoms with Crippen LogP contribution in [0.25, 0.3) is 39.0 Å². The van der Waals surface area contributed by atoms with Crippen molar-refractivity contribution in [3.63, 3.8) is 0 Å². The molecule has 118 heavy (non-hydrogen) atoms. The van der Waals surface area contributed by atoms with Gasteiger partial charge in [-0.3, -0.25) is 38.4 Å². The van der Waals surface area contributed by atoms with Crippen LogP contribution in [0.3, 0.4) is 0 Å². The first-order valence-corrected chi connectivity index (χ1v) is 39.4. The molecular formula is C81H86N6NaO28S2+. The molecule has 2 saturated heterocycles. The number of aromatic carboxylic acids is 1. The van der Waals surface area contributed by atoms with Crippen molar-refractivity contribution >= 4 is 99.2 Å². The van der Waals surface area contributed by atoms with E-state index < -0.39 is 157 Å². The van der Waals surface area contributed by atoms with Crippen LogP contribution in [0.4, 0.5) is 0 Å². The van der Waals surface area contributed by atoms with Crippen molar-refractivity contribution in [2.75, 3.05) is 62.4 Å². The minimum atomic E-state index is -2.61. The number of aliphatic hydroxyl groups excluding tert-OH is 6. The fourth-order valence-corrected chi connectivity index (χ4v) is 15.6. The van der Waals surface area contributed by atoms with E-state index >= 15 is 0 Å². The quantitative estimate of drug-likeness (QED) is 0.0138. The van der Waals surface area contributed by atoms with Crippen LogP contribution >= 0.6 is 23.5 Å². The monoisotopic (exact) mass is 1680 g/mol. The number of aliphatic hydroxyl groups is 6. The number of allylic oxidation sites excluding steroid dienone is 1. The predicted molar refractivity (Wildman–Crippen MR) is 419 cm³/mol. The molecule has 0 aromatic heterocycles. The van der Waals surface area contributed by atoms with Crippen LogP contribution < -0.4 is 71.6 Å². The van der Waals surface area contributed by atoms with Gasteiger partial charge in [0, 0.05) is 116 Å². The Labute approximate surface area is 703 Å². The van der Waals surface area contributed by atoms with E-state index in [1.807, 2.05) is 0 Å². The molecule has 6 aliphatic rings. The molecule has 5 aromatic carbocycles. The summed E-state index contributed by atoms with van der Waals surface area (Å²) >= 11 is 2.81. The maximum absolute atomic E-state index is 13.8. The number of phenolic OH excluding ortho intramolecular Hbond substituents is 2. The van der Waals surface area contributed by atoms with E-state index in [-0.39, 0.29) is 143 Å². The van der Waals surface area contributed by atoms with Gasteiger partial charge in [0.2, 0.25) is 11.8 Å². The van der Waals surface area contributed by atoms with E-state index in [2.05, 4.69) is 31.9 Å². The van der Waals surface area contributed by atoms with Crippen molar-refractivity contribution in [1.82, 2.24) is 31.9 Å². The van der Waals surface area contributed by atoms with Gasteiger partial charge in [0.1, 0.15) is 59.1 Å². The molecule has 0 spiro atoms. The number of thioether (sulfide) groups is 2. The van der Waals surface area contributed by atoms with E-state index in [0.29, 0.717) is 56.4 Å². The van der Waals surface area contributed by atoms with Crippen LogP contribution in [-0.4, -0.2) is 256 Å². The summed E-state index contributed by atoms with van der Waals surface area (Å²) in [7, 11) is 0. The van der Waals surface area contributed by atoms with Gasteiger partial charge in [-0.2, -0.15) is 23.5 Å². The molecule has 34 nitrogen and oxygen atoms in total. The van der Waals surface area contributed by atoms with Crippen molar-refractivity contribution < 1.29 is 162 Å². The van der Waals surface area contributed by atoms with Crippen LogP contribution in [0.1, 0.15) is 109 Å². The SMILES string of the molecule is CC(=O)N[C@@H]1[C@@H](O)C[C@](OCCCSCCNC(=O)c2ccc(-c3ccc(C(=O)NCCSCCCO[C@]4(C(=O)O)C[C@H](O)[C@@H](NC(C)=O)[C@H](C(O)[C@H](O)CNC(=O)c5c6ccc(=O)cc-6oc6cc(O)ccc56)O4)cc3)cc2)(C(=O)O)O[C@H]1C(O)[C@H](O)CNC(=O)c1ccc(C2=C3C=CC(=O)CC3Oc3cc(O)ccc32)cc1C(=O)O.[Na+]. The average Bonchev–Trinajstić information content (AvgIpc) is 0.763. The van der Waals surface area contributed by atoms with Crippen molar-refractivity contribution in [1.29, 1.82) is 0 Å². The summed E-state index contributed by atoms with van der Waals surface area (Å²) in [6.45, 7) is 0.773. The number of aromatic hydroxyl groups is 2. The fraction of sp³-hybridized carbons (Fsp3) is 0.370. The number of rotatable bonds is 35. The Hall–Kier alpha value is -10.1. The van der Waals surface area contributed by atoms with Gasteiger partial charge in [-0.05, 0) is 125 Å². The number of carboxylic acid groups (broad SMARTS) is 3. The van der Waals surface area contributed by atoms with Crippen LogP contribution in [0.5, 0.6) is 17.2 Å². The first-order chi connectivity index (χ1) is 55.8. The third-order valence-corrected chi connectivity index (χ3v) is 22.0. The second kappa shape index (κ2) is 40.1. The van der Waals surface area contributed by atoms with E-state index in [1.54, 1.807) is 60.7 Å². The number of aliphatic carboxylic acids is 2. The van der Waals surface area contributed by atoms with E-state index in [1.165, 1.54) is 90.3 Å². The van der Waals surface area contributed by atoms with Crippen LogP contribution in [0.15, 0.2) is 148 Å². The standard InChI is InChI=1S/C81H86N6O28S2.Na/c1-40(88)86-67-57(94)36-80(78(106)107,114-71(67)69(98)59(96)38-84-75(102)51-18-13-46(31-56(51)77(104)105)65-52-19-14-47(90)32-61(52)112-62-33-48(91)15-20-53(62)65)110-25-3-27-116-29-23-82-73(100)44-9-5-42(6-10-44)43-7-11-45(12-8-43)74(101)83-24-30-117-28-4-26-111-81(79(108)109)37-58(95)68(87-41(2)89)72(115-81)70(99)60(97)39-85-76(103)66-54-21-16-49(92)34-63(54)113-64-35-50(93)17-22-55(64)66;/h5-22,31-32,34-35,57-60,62,67-72,90,92,94-99H,3-4,23-30,33,36-39H2,1-2H3,(H,82,100)(H,83,101)(H,84,102)(H,85,103)(H,86,88)(H,87,89)(H,104,105)(H,106,107)(H,108,109);/q;+1/t57-,58-,59+,60+,62?,67+,68+,69?,70?,71+,72+,80+,81+;/m0./s1. The Balaban J connectivity index is 0.0000147. The molecule has 0 radical (unpaired) electrons. The maximum Gasteiger partial charge on any atom is 1.00 e. The second-order valence-electron chi connectivity index (χ2n) is 28.1. The maximum atomic E-state index is 13.8. The smallest absolute Gasteiger partial charge is 0.508 e. The summed E-state index contributed by atoms with van der Waals surface area (Å²) in [4.78, 5) is 141. The summed E-state index contributed by atoms with van der Waals surface area (Å²) in [5, 5.41) is 135. The number of hydrogen-bond donors (Lipinski definition) is 17. The Kier molecular flexibility index (Phi) is 30.6. The Bertz CT molecular complexity index is 5010. The summed E-state index contributed by atoms with van der Waals surface area (Å²) < 4.78 is 35.1. The summed E-state index contributed by atoms with van der Waals surface area (Å²) in [6, 6.07) is 26.6.